The van der Waals surface area contributed by atoms with Crippen LogP contribution >= 0.6 is 0 Å². The van der Waals surface area contributed by atoms with E-state index in [1.54, 1.807) is 14.2 Å². The third-order valence-corrected chi connectivity index (χ3v) is 3.39. The molecule has 1 heterocycles. The number of aryl methyl sites for hydroxylation is 1. The lowest BCUT2D eigenvalue weighted by Crippen LogP contribution is -2.25. The predicted octanol–water partition coefficient (Wildman–Crippen LogP) is 2.10. The van der Waals surface area contributed by atoms with Gasteiger partial charge in [-0.2, -0.15) is 0 Å². The molecule has 1 unspecified atom stereocenters. The van der Waals surface area contributed by atoms with E-state index in [0.717, 1.165) is 29.8 Å². The first kappa shape index (κ1) is 13.7. The number of rotatable bonds is 5. The molecule has 19 heavy (non-hydrogen) atoms. The molecule has 5 nitrogen and oxygen atoms in total. The van der Waals surface area contributed by atoms with Gasteiger partial charge in [-0.15, -0.1) is 0 Å². The first-order chi connectivity index (χ1) is 9.10. The number of benzene rings is 1. The minimum absolute atomic E-state index is 0.129. The summed E-state index contributed by atoms with van der Waals surface area (Å²) in [4.78, 5) is 4.56. The number of nitrogens with zero attached hydrogens (tertiary/aromatic N) is 2. The number of fused-ring (bicyclic) bond motifs is 1. The van der Waals surface area contributed by atoms with Crippen molar-refractivity contribution in [1.82, 2.24) is 9.55 Å². The molecule has 1 aromatic carbocycles. The van der Waals surface area contributed by atoms with E-state index < -0.39 is 0 Å². The Morgan fingerprint density at radius 2 is 1.89 bits per heavy atom. The summed E-state index contributed by atoms with van der Waals surface area (Å²) in [5, 5.41) is 0. The highest BCUT2D eigenvalue weighted by atomic mass is 16.5. The Bertz CT molecular complexity index is 578. The molecule has 0 aliphatic heterocycles. The maximum absolute atomic E-state index is 6.05. The normalized spacial score (nSPS) is 12.7. The number of imidazole rings is 1. The van der Waals surface area contributed by atoms with E-state index in [1.165, 1.54) is 0 Å². The molecule has 0 spiro atoms. The second kappa shape index (κ2) is 5.48. The van der Waals surface area contributed by atoms with Crippen LogP contribution in [0.2, 0.25) is 0 Å². The summed E-state index contributed by atoms with van der Waals surface area (Å²) < 4.78 is 12.8. The quantitative estimate of drug-likeness (QED) is 0.897. The van der Waals surface area contributed by atoms with Crippen LogP contribution < -0.4 is 15.2 Å². The Morgan fingerprint density at radius 1 is 1.26 bits per heavy atom. The Balaban J connectivity index is 2.55. The Kier molecular flexibility index (Phi) is 3.95. The number of nitrogens with two attached hydrogens (primary N) is 1. The molecule has 2 N–H and O–H groups in total. The molecule has 5 heteroatoms. The maximum Gasteiger partial charge on any atom is 0.163 e. The fourth-order valence-corrected chi connectivity index (χ4v) is 2.17. The van der Waals surface area contributed by atoms with Crippen molar-refractivity contribution >= 4 is 11.0 Å². The molecule has 0 radical (unpaired) electrons. The predicted molar refractivity (Wildman–Crippen MR) is 75.8 cm³/mol. The van der Waals surface area contributed by atoms with Crippen LogP contribution in [-0.4, -0.2) is 29.8 Å². The number of hydrogen-bond acceptors (Lipinski definition) is 4. The molecule has 2 aromatic rings. The SMILES string of the molecule is CCC(N)Cn1c(C)nc2cc(OC)c(OC)cc21. The maximum atomic E-state index is 6.05. The highest BCUT2D eigenvalue weighted by molar-refractivity contribution is 5.80. The molecule has 0 bridgehead atoms. The molecule has 0 saturated heterocycles. The topological polar surface area (TPSA) is 62.3 Å². The van der Waals surface area contributed by atoms with Gasteiger partial charge in [-0.25, -0.2) is 4.98 Å². The molecule has 0 aliphatic carbocycles. The van der Waals surface area contributed by atoms with Gasteiger partial charge in [-0.05, 0) is 13.3 Å². The summed E-state index contributed by atoms with van der Waals surface area (Å²) >= 11 is 0. The molecule has 0 amide bonds. The first-order valence-corrected chi connectivity index (χ1v) is 6.45. The average Bonchev–Trinajstić information content (AvgIpc) is 2.72. The third kappa shape index (κ3) is 2.51. The lowest BCUT2D eigenvalue weighted by molar-refractivity contribution is 0.355. The van der Waals surface area contributed by atoms with Gasteiger partial charge in [-0.3, -0.25) is 0 Å². The minimum Gasteiger partial charge on any atom is -0.493 e. The van der Waals surface area contributed by atoms with Crippen molar-refractivity contribution < 1.29 is 9.47 Å². The van der Waals surface area contributed by atoms with Crippen LogP contribution in [0.5, 0.6) is 11.5 Å². The number of aromatic nitrogens is 2. The van der Waals surface area contributed by atoms with Crippen LogP contribution in [0.25, 0.3) is 11.0 Å². The molecular weight excluding hydrogens is 242 g/mol. The second-order valence-electron chi connectivity index (χ2n) is 4.63. The largest absolute Gasteiger partial charge is 0.493 e. The molecule has 1 atom stereocenters. The molecule has 0 aliphatic rings. The average molecular weight is 263 g/mol. The highest BCUT2D eigenvalue weighted by Gasteiger charge is 2.14. The number of ether oxygens (including phenoxy) is 2. The molecule has 1 aromatic heterocycles. The number of hydrogen-bond donors (Lipinski definition) is 1. The van der Waals surface area contributed by atoms with E-state index in [2.05, 4.69) is 16.5 Å². The van der Waals surface area contributed by atoms with Crippen molar-refractivity contribution in [1.29, 1.82) is 0 Å². The lowest BCUT2D eigenvalue weighted by atomic mass is 10.2. The molecule has 0 fully saturated rings. The van der Waals surface area contributed by atoms with Crippen LogP contribution in [0.1, 0.15) is 19.2 Å². The smallest absolute Gasteiger partial charge is 0.163 e. The van der Waals surface area contributed by atoms with Crippen molar-refractivity contribution in [3.05, 3.63) is 18.0 Å². The molecule has 104 valence electrons. The van der Waals surface area contributed by atoms with Crippen molar-refractivity contribution in [3.8, 4) is 11.5 Å². The van der Waals surface area contributed by atoms with E-state index in [-0.39, 0.29) is 6.04 Å². The fourth-order valence-electron chi connectivity index (χ4n) is 2.17. The summed E-state index contributed by atoms with van der Waals surface area (Å²) in [6, 6.07) is 3.98. The van der Waals surface area contributed by atoms with Crippen LogP contribution in [0, 0.1) is 6.92 Å². The summed E-state index contributed by atoms with van der Waals surface area (Å²) in [7, 11) is 3.26. The van der Waals surface area contributed by atoms with E-state index in [9.17, 15) is 0 Å². The van der Waals surface area contributed by atoms with Crippen molar-refractivity contribution in [2.75, 3.05) is 14.2 Å². The van der Waals surface area contributed by atoms with Crippen LogP contribution in [0.15, 0.2) is 12.1 Å². The van der Waals surface area contributed by atoms with E-state index >= 15 is 0 Å². The van der Waals surface area contributed by atoms with Gasteiger partial charge >= 0.3 is 0 Å². The van der Waals surface area contributed by atoms with Crippen molar-refractivity contribution in [3.63, 3.8) is 0 Å². The van der Waals surface area contributed by atoms with Gasteiger partial charge in [0.2, 0.25) is 0 Å². The monoisotopic (exact) mass is 263 g/mol. The van der Waals surface area contributed by atoms with Crippen LogP contribution in [0.4, 0.5) is 0 Å². The summed E-state index contributed by atoms with van der Waals surface area (Å²) in [6.07, 6.45) is 0.937. The summed E-state index contributed by atoms with van der Waals surface area (Å²) in [6.45, 7) is 4.83. The summed E-state index contributed by atoms with van der Waals surface area (Å²) in [5.74, 6) is 2.36. The molecule has 0 saturated carbocycles. The second-order valence-corrected chi connectivity index (χ2v) is 4.63. The zero-order valence-electron chi connectivity index (χ0n) is 11.9. The van der Waals surface area contributed by atoms with Gasteiger partial charge in [0.15, 0.2) is 11.5 Å². The zero-order valence-corrected chi connectivity index (χ0v) is 11.9. The van der Waals surface area contributed by atoms with Crippen LogP contribution in [-0.2, 0) is 6.54 Å². The minimum atomic E-state index is 0.129. The Hall–Kier alpha value is -1.75. The Labute approximate surface area is 113 Å². The van der Waals surface area contributed by atoms with Gasteiger partial charge in [0.25, 0.3) is 0 Å². The van der Waals surface area contributed by atoms with E-state index in [4.69, 9.17) is 15.2 Å². The molecule has 2 rings (SSSR count). The van der Waals surface area contributed by atoms with E-state index in [1.807, 2.05) is 19.1 Å². The first-order valence-electron chi connectivity index (χ1n) is 6.45. The highest BCUT2D eigenvalue weighted by Crippen LogP contribution is 2.32. The lowest BCUT2D eigenvalue weighted by Gasteiger charge is -2.13. The Morgan fingerprint density at radius 3 is 2.47 bits per heavy atom. The number of methoxy groups -OCH3 is 2. The zero-order chi connectivity index (χ0) is 14.0. The van der Waals surface area contributed by atoms with Crippen molar-refractivity contribution in [2.24, 2.45) is 5.73 Å². The van der Waals surface area contributed by atoms with Crippen molar-refractivity contribution in [2.45, 2.75) is 32.9 Å². The fraction of sp³-hybridized carbons (Fsp3) is 0.500. The summed E-state index contributed by atoms with van der Waals surface area (Å²) in [5.41, 5.74) is 7.97. The van der Waals surface area contributed by atoms with Gasteiger partial charge in [0.1, 0.15) is 5.82 Å². The van der Waals surface area contributed by atoms with Gasteiger partial charge in [-0.1, -0.05) is 6.92 Å². The van der Waals surface area contributed by atoms with E-state index in [0.29, 0.717) is 11.5 Å². The van der Waals surface area contributed by atoms with Gasteiger partial charge < -0.3 is 19.8 Å². The van der Waals surface area contributed by atoms with Gasteiger partial charge in [0, 0.05) is 24.7 Å². The van der Waals surface area contributed by atoms with Gasteiger partial charge in [0.05, 0.1) is 25.3 Å². The van der Waals surface area contributed by atoms with Crippen LogP contribution in [0.3, 0.4) is 0 Å². The molecular formula is C14H21N3O2. The third-order valence-electron chi connectivity index (χ3n) is 3.39. The standard InChI is InChI=1S/C14H21N3O2/c1-5-10(15)8-17-9(2)16-11-6-13(18-3)14(19-4)7-12(11)17/h6-7,10H,5,8,15H2,1-4H3.